The van der Waals surface area contributed by atoms with Gasteiger partial charge in [0.15, 0.2) is 0 Å². The van der Waals surface area contributed by atoms with E-state index in [2.05, 4.69) is 4.98 Å². The Morgan fingerprint density at radius 1 is 1.15 bits per heavy atom. The van der Waals surface area contributed by atoms with Gasteiger partial charge >= 0.3 is 0 Å². The van der Waals surface area contributed by atoms with Gasteiger partial charge in [-0.25, -0.2) is 4.98 Å². The van der Waals surface area contributed by atoms with E-state index in [4.69, 9.17) is 10.5 Å². The predicted octanol–water partition coefficient (Wildman–Crippen LogP) is 2.05. The summed E-state index contributed by atoms with van der Waals surface area (Å²) in [6.07, 6.45) is 0. The molecule has 0 N–H and O–H groups in total. The Morgan fingerprint density at radius 2 is 1.69 bits per heavy atom. The summed E-state index contributed by atoms with van der Waals surface area (Å²) in [5.41, 5.74) is 2.42. The number of halogens is 1. The fourth-order valence-corrected chi connectivity index (χ4v) is 1.75. The zero-order chi connectivity index (χ0) is 10.0. The summed E-state index contributed by atoms with van der Waals surface area (Å²) in [6, 6.07) is 4.02. The van der Waals surface area contributed by atoms with Gasteiger partial charge in [0.1, 0.15) is 21.4 Å². The van der Waals surface area contributed by atoms with Crippen molar-refractivity contribution in [3.8, 4) is 12.1 Å². The van der Waals surface area contributed by atoms with Crippen LogP contribution in [0.4, 0.5) is 0 Å². The lowest BCUT2D eigenvalue weighted by atomic mass is 10.1. The van der Waals surface area contributed by atoms with E-state index in [1.54, 1.807) is 6.92 Å². The summed E-state index contributed by atoms with van der Waals surface area (Å²) in [7, 11) is 0. The molecule has 0 aliphatic rings. The molecule has 0 saturated heterocycles. The third-order valence-electron chi connectivity index (χ3n) is 1.86. The molecule has 1 aromatic rings. The van der Waals surface area contributed by atoms with Gasteiger partial charge in [-0.2, -0.15) is 10.5 Å². The molecule has 64 valence electrons. The molecule has 3 nitrogen and oxygen atoms in total. The normalized spacial score (nSPS) is 9.00. The number of nitriles is 2. The third kappa shape index (κ3) is 1.63. The van der Waals surface area contributed by atoms with Crippen molar-refractivity contribution in [1.82, 2.24) is 4.98 Å². The van der Waals surface area contributed by atoms with Crippen LogP contribution in [-0.2, 0) is 0 Å². The number of pyridine rings is 1. The average molecular weight is 283 g/mol. The first-order valence-electron chi connectivity index (χ1n) is 3.58. The van der Waals surface area contributed by atoms with Crippen molar-refractivity contribution >= 4 is 22.6 Å². The molecule has 1 heterocycles. The first kappa shape index (κ1) is 9.94. The van der Waals surface area contributed by atoms with Gasteiger partial charge in [-0.15, -0.1) is 0 Å². The molecule has 0 atom stereocenters. The molecule has 4 heteroatoms. The SMILES string of the molecule is Cc1nc(I)c(C#N)c(C#N)c1C. The summed E-state index contributed by atoms with van der Waals surface area (Å²) in [4.78, 5) is 4.17. The summed E-state index contributed by atoms with van der Waals surface area (Å²) >= 11 is 1.97. The second-order valence-electron chi connectivity index (χ2n) is 2.59. The molecular weight excluding hydrogens is 277 g/mol. The Bertz CT molecular complexity index is 438. The highest BCUT2D eigenvalue weighted by Crippen LogP contribution is 2.19. The molecular formula is C9H6IN3. The molecule has 0 aliphatic heterocycles. The number of aryl methyl sites for hydroxylation is 1. The molecule has 0 amide bonds. The third-order valence-corrected chi connectivity index (χ3v) is 2.64. The monoisotopic (exact) mass is 283 g/mol. The Hall–Kier alpha value is -1.14. The van der Waals surface area contributed by atoms with Crippen molar-refractivity contribution in [2.45, 2.75) is 13.8 Å². The number of aromatic nitrogens is 1. The molecule has 13 heavy (non-hydrogen) atoms. The maximum absolute atomic E-state index is 8.85. The van der Waals surface area contributed by atoms with E-state index in [9.17, 15) is 0 Å². The largest absolute Gasteiger partial charge is 0.245 e. The van der Waals surface area contributed by atoms with Gasteiger partial charge in [0.05, 0.1) is 5.56 Å². The fourth-order valence-electron chi connectivity index (χ4n) is 1.00. The fraction of sp³-hybridized carbons (Fsp3) is 0.222. The second-order valence-corrected chi connectivity index (χ2v) is 3.61. The van der Waals surface area contributed by atoms with E-state index in [0.717, 1.165) is 11.3 Å². The van der Waals surface area contributed by atoms with Crippen LogP contribution in [0.1, 0.15) is 22.4 Å². The highest BCUT2D eigenvalue weighted by atomic mass is 127. The molecule has 0 fully saturated rings. The van der Waals surface area contributed by atoms with Gasteiger partial charge < -0.3 is 0 Å². The maximum Gasteiger partial charge on any atom is 0.120 e. The number of rotatable bonds is 0. The van der Waals surface area contributed by atoms with Crippen LogP contribution in [-0.4, -0.2) is 4.98 Å². The standard InChI is InChI=1S/C9H6IN3/c1-5-6(2)13-9(10)8(4-12)7(5)3-11/h1-2H3. The zero-order valence-electron chi connectivity index (χ0n) is 7.22. The number of hydrogen-bond donors (Lipinski definition) is 0. The van der Waals surface area contributed by atoms with Crippen LogP contribution >= 0.6 is 22.6 Å². The average Bonchev–Trinajstić information content (AvgIpc) is 2.10. The minimum atomic E-state index is 0.381. The molecule has 1 rings (SSSR count). The Morgan fingerprint density at radius 3 is 2.15 bits per heavy atom. The van der Waals surface area contributed by atoms with Crippen LogP contribution in [0.2, 0.25) is 0 Å². The van der Waals surface area contributed by atoms with E-state index < -0.39 is 0 Å². The van der Waals surface area contributed by atoms with Gasteiger partial charge in [-0.1, -0.05) is 0 Å². The Kier molecular flexibility index (Phi) is 2.84. The van der Waals surface area contributed by atoms with Gasteiger partial charge in [-0.3, -0.25) is 0 Å². The molecule has 0 aliphatic carbocycles. The first-order chi connectivity index (χ1) is 6.11. The van der Waals surface area contributed by atoms with Crippen LogP contribution < -0.4 is 0 Å². The Balaban J connectivity index is 3.66. The summed E-state index contributed by atoms with van der Waals surface area (Å²) < 4.78 is 0.597. The van der Waals surface area contributed by atoms with Gasteiger partial charge in [0, 0.05) is 5.69 Å². The Labute approximate surface area is 90.2 Å². The van der Waals surface area contributed by atoms with E-state index >= 15 is 0 Å². The van der Waals surface area contributed by atoms with Crippen molar-refractivity contribution in [2.24, 2.45) is 0 Å². The maximum atomic E-state index is 8.85. The second kappa shape index (κ2) is 3.71. The quantitative estimate of drug-likeness (QED) is 0.540. The highest BCUT2D eigenvalue weighted by Gasteiger charge is 2.12. The van der Waals surface area contributed by atoms with Crippen molar-refractivity contribution in [3.05, 3.63) is 26.1 Å². The van der Waals surface area contributed by atoms with E-state index in [1.165, 1.54) is 0 Å². The van der Waals surface area contributed by atoms with Crippen molar-refractivity contribution in [1.29, 1.82) is 10.5 Å². The summed E-state index contributed by atoms with van der Waals surface area (Å²) in [6.45, 7) is 3.64. The van der Waals surface area contributed by atoms with E-state index in [0.29, 0.717) is 14.8 Å². The van der Waals surface area contributed by atoms with Crippen molar-refractivity contribution in [2.75, 3.05) is 0 Å². The lowest BCUT2D eigenvalue weighted by Crippen LogP contribution is -2.00. The van der Waals surface area contributed by atoms with Crippen LogP contribution in [0, 0.1) is 40.2 Å². The molecule has 0 saturated carbocycles. The lowest BCUT2D eigenvalue weighted by molar-refractivity contribution is 1.10. The highest BCUT2D eigenvalue weighted by molar-refractivity contribution is 14.1. The zero-order valence-corrected chi connectivity index (χ0v) is 9.38. The first-order valence-corrected chi connectivity index (χ1v) is 4.66. The van der Waals surface area contributed by atoms with Crippen LogP contribution in [0.3, 0.4) is 0 Å². The minimum Gasteiger partial charge on any atom is -0.245 e. The predicted molar refractivity (Wildman–Crippen MR) is 55.9 cm³/mol. The minimum absolute atomic E-state index is 0.381. The van der Waals surface area contributed by atoms with Gasteiger partial charge in [0.2, 0.25) is 0 Å². The van der Waals surface area contributed by atoms with Crippen molar-refractivity contribution in [3.63, 3.8) is 0 Å². The molecule has 0 aromatic carbocycles. The number of nitrogens with zero attached hydrogens (tertiary/aromatic N) is 3. The van der Waals surface area contributed by atoms with Gasteiger partial charge in [-0.05, 0) is 42.0 Å². The van der Waals surface area contributed by atoms with Gasteiger partial charge in [0.25, 0.3) is 0 Å². The smallest absolute Gasteiger partial charge is 0.120 e. The van der Waals surface area contributed by atoms with E-state index in [1.807, 2.05) is 41.7 Å². The summed E-state index contributed by atoms with van der Waals surface area (Å²) in [5.74, 6) is 0. The molecule has 0 spiro atoms. The molecule has 0 unspecified atom stereocenters. The topological polar surface area (TPSA) is 60.5 Å². The van der Waals surface area contributed by atoms with Crippen LogP contribution in [0.25, 0.3) is 0 Å². The van der Waals surface area contributed by atoms with Crippen LogP contribution in [0.15, 0.2) is 0 Å². The number of hydrogen-bond acceptors (Lipinski definition) is 3. The van der Waals surface area contributed by atoms with Crippen molar-refractivity contribution < 1.29 is 0 Å². The molecule has 1 aromatic heterocycles. The van der Waals surface area contributed by atoms with E-state index in [-0.39, 0.29) is 0 Å². The molecule has 0 bridgehead atoms. The summed E-state index contributed by atoms with van der Waals surface area (Å²) in [5, 5.41) is 17.6. The lowest BCUT2D eigenvalue weighted by Gasteiger charge is -2.04. The molecule has 0 radical (unpaired) electrons. The van der Waals surface area contributed by atoms with Crippen LogP contribution in [0.5, 0.6) is 0 Å².